The van der Waals surface area contributed by atoms with Crippen molar-refractivity contribution in [3.05, 3.63) is 78.1 Å². The molecule has 1 fully saturated rings. The van der Waals surface area contributed by atoms with Crippen molar-refractivity contribution in [3.8, 4) is 5.69 Å². The Morgan fingerprint density at radius 3 is 2.70 bits per heavy atom. The molecule has 5 nitrogen and oxygen atoms in total. The predicted octanol–water partition coefficient (Wildman–Crippen LogP) is 3.57. The molecule has 27 heavy (non-hydrogen) atoms. The van der Waals surface area contributed by atoms with Crippen LogP contribution >= 0.6 is 0 Å². The first-order valence-corrected chi connectivity index (χ1v) is 8.81. The molecule has 0 aliphatic carbocycles. The van der Waals surface area contributed by atoms with Crippen LogP contribution in [0.15, 0.2) is 55.1 Å². The van der Waals surface area contributed by atoms with E-state index < -0.39 is 5.95 Å². The third kappa shape index (κ3) is 3.72. The second kappa shape index (κ2) is 7.26. The van der Waals surface area contributed by atoms with Crippen LogP contribution in [0.1, 0.15) is 34.8 Å². The molecule has 0 N–H and O–H groups in total. The lowest BCUT2D eigenvalue weighted by atomic mass is 9.95. The summed E-state index contributed by atoms with van der Waals surface area (Å²) in [6, 6.07) is 8.88. The maximum absolute atomic E-state index is 13.3. The van der Waals surface area contributed by atoms with Gasteiger partial charge in [0.05, 0.1) is 12.0 Å². The van der Waals surface area contributed by atoms with Gasteiger partial charge in [-0.3, -0.25) is 4.79 Å². The Balaban J connectivity index is 1.50. The van der Waals surface area contributed by atoms with Crippen molar-refractivity contribution in [1.82, 2.24) is 19.4 Å². The topological polar surface area (TPSA) is 51.0 Å². The number of hydrogen-bond acceptors (Lipinski definition) is 3. The Morgan fingerprint density at radius 2 is 1.93 bits per heavy atom. The van der Waals surface area contributed by atoms with E-state index in [1.54, 1.807) is 23.4 Å². The minimum absolute atomic E-state index is 0.107. The minimum Gasteiger partial charge on any atom is -0.338 e. The number of imidazole rings is 1. The van der Waals surface area contributed by atoms with Crippen molar-refractivity contribution >= 4 is 5.91 Å². The third-order valence-corrected chi connectivity index (χ3v) is 4.83. The molecule has 1 aliphatic rings. The highest BCUT2D eigenvalue weighted by Gasteiger charge is 2.27. The number of amides is 1. The van der Waals surface area contributed by atoms with Gasteiger partial charge in [0.25, 0.3) is 5.91 Å². The first-order chi connectivity index (χ1) is 13.1. The zero-order valence-electron chi connectivity index (χ0n) is 14.6. The average Bonchev–Trinajstić information content (AvgIpc) is 3.18. The monoisotopic (exact) mass is 368 g/mol. The average molecular weight is 368 g/mol. The van der Waals surface area contributed by atoms with Gasteiger partial charge in [-0.25, -0.2) is 14.4 Å². The number of benzene rings is 1. The largest absolute Gasteiger partial charge is 0.338 e. The van der Waals surface area contributed by atoms with E-state index in [1.165, 1.54) is 24.4 Å². The Hall–Kier alpha value is -3.09. The van der Waals surface area contributed by atoms with E-state index in [1.807, 2.05) is 10.8 Å². The van der Waals surface area contributed by atoms with Gasteiger partial charge in [0.2, 0.25) is 5.95 Å². The molecule has 1 atom stereocenters. The number of halogens is 2. The number of rotatable bonds is 3. The molecule has 0 bridgehead atoms. The minimum atomic E-state index is -0.660. The number of carbonyl (C=O) groups excluding carboxylic acids is 1. The maximum atomic E-state index is 13.3. The first kappa shape index (κ1) is 17.3. The molecule has 0 spiro atoms. The van der Waals surface area contributed by atoms with Gasteiger partial charge in [0.1, 0.15) is 5.82 Å². The van der Waals surface area contributed by atoms with Gasteiger partial charge >= 0.3 is 0 Å². The number of pyridine rings is 1. The highest BCUT2D eigenvalue weighted by molar-refractivity contribution is 5.94. The van der Waals surface area contributed by atoms with E-state index in [4.69, 9.17) is 0 Å². The van der Waals surface area contributed by atoms with Crippen molar-refractivity contribution < 1.29 is 13.6 Å². The summed E-state index contributed by atoms with van der Waals surface area (Å²) in [6.07, 6.45) is 6.69. The summed E-state index contributed by atoms with van der Waals surface area (Å²) in [6.45, 7) is 1.17. The summed E-state index contributed by atoms with van der Waals surface area (Å²) < 4.78 is 28.2. The Labute approximate surface area is 155 Å². The zero-order valence-corrected chi connectivity index (χ0v) is 14.6. The fourth-order valence-electron chi connectivity index (χ4n) is 3.42. The van der Waals surface area contributed by atoms with Crippen LogP contribution in [-0.4, -0.2) is 38.4 Å². The van der Waals surface area contributed by atoms with Gasteiger partial charge in [-0.05, 0) is 43.2 Å². The van der Waals surface area contributed by atoms with Gasteiger partial charge < -0.3 is 9.47 Å². The van der Waals surface area contributed by atoms with Crippen LogP contribution in [0.5, 0.6) is 0 Å². The van der Waals surface area contributed by atoms with E-state index in [2.05, 4.69) is 9.97 Å². The standard InChI is InChI=1S/C20H18F2N4O/c21-16-3-5-17(6-4-16)26-12-18(24-13-26)15-2-1-9-25(11-15)20(27)14-7-8-23-19(22)10-14/h3-8,10,12-13,15H,1-2,9,11H2/t15-/m0/s1. The number of aromatic nitrogens is 3. The molecule has 138 valence electrons. The lowest BCUT2D eigenvalue weighted by molar-refractivity contribution is 0.0705. The number of nitrogens with zero attached hydrogens (tertiary/aromatic N) is 4. The Kier molecular flexibility index (Phi) is 4.66. The molecule has 0 radical (unpaired) electrons. The molecule has 3 aromatic rings. The van der Waals surface area contributed by atoms with Crippen LogP contribution in [0.25, 0.3) is 5.69 Å². The first-order valence-electron chi connectivity index (χ1n) is 8.81. The van der Waals surface area contributed by atoms with Gasteiger partial charge in [0.15, 0.2) is 0 Å². The molecule has 4 rings (SSSR count). The SMILES string of the molecule is O=C(c1ccnc(F)c1)N1CCC[C@H](c2cn(-c3ccc(F)cc3)cn2)C1. The van der Waals surface area contributed by atoms with E-state index in [-0.39, 0.29) is 17.6 Å². The highest BCUT2D eigenvalue weighted by Crippen LogP contribution is 2.27. The third-order valence-electron chi connectivity index (χ3n) is 4.83. The quantitative estimate of drug-likeness (QED) is 0.664. The van der Waals surface area contributed by atoms with E-state index in [0.29, 0.717) is 18.7 Å². The summed E-state index contributed by atoms with van der Waals surface area (Å²) in [5, 5.41) is 0. The van der Waals surface area contributed by atoms with Gasteiger partial charge in [-0.1, -0.05) is 0 Å². The van der Waals surface area contributed by atoms with Crippen molar-refractivity contribution in [2.24, 2.45) is 0 Å². The van der Waals surface area contributed by atoms with Crippen LogP contribution < -0.4 is 0 Å². The summed E-state index contributed by atoms with van der Waals surface area (Å²) >= 11 is 0. The van der Waals surface area contributed by atoms with E-state index in [0.717, 1.165) is 30.3 Å². The molecular weight excluding hydrogens is 350 g/mol. The fourth-order valence-corrected chi connectivity index (χ4v) is 3.42. The molecule has 1 saturated heterocycles. The maximum Gasteiger partial charge on any atom is 0.254 e. The number of hydrogen-bond donors (Lipinski definition) is 0. The normalized spacial score (nSPS) is 17.1. The summed E-state index contributed by atoms with van der Waals surface area (Å²) in [7, 11) is 0. The number of carbonyl (C=O) groups is 1. The molecule has 1 aromatic carbocycles. The van der Waals surface area contributed by atoms with Crippen molar-refractivity contribution in [2.75, 3.05) is 13.1 Å². The molecule has 1 aliphatic heterocycles. The zero-order chi connectivity index (χ0) is 18.8. The number of piperidine rings is 1. The van der Waals surface area contributed by atoms with Gasteiger partial charge in [-0.2, -0.15) is 4.39 Å². The Morgan fingerprint density at radius 1 is 1.11 bits per heavy atom. The second-order valence-corrected chi connectivity index (χ2v) is 6.64. The van der Waals surface area contributed by atoms with Crippen molar-refractivity contribution in [1.29, 1.82) is 0 Å². The molecular formula is C20H18F2N4O. The van der Waals surface area contributed by atoms with E-state index >= 15 is 0 Å². The second-order valence-electron chi connectivity index (χ2n) is 6.64. The summed E-state index contributed by atoms with van der Waals surface area (Å²) in [5.41, 5.74) is 2.02. The Bertz CT molecular complexity index is 955. The van der Waals surface area contributed by atoms with Crippen molar-refractivity contribution in [2.45, 2.75) is 18.8 Å². The molecule has 3 heterocycles. The van der Waals surface area contributed by atoms with Crippen LogP contribution in [0, 0.1) is 11.8 Å². The predicted molar refractivity (Wildman–Crippen MR) is 95.6 cm³/mol. The molecule has 2 aromatic heterocycles. The molecule has 0 saturated carbocycles. The summed E-state index contributed by atoms with van der Waals surface area (Å²) in [5.74, 6) is -1.03. The number of likely N-dealkylation sites (tertiary alicyclic amines) is 1. The van der Waals surface area contributed by atoms with E-state index in [9.17, 15) is 13.6 Å². The van der Waals surface area contributed by atoms with Crippen LogP contribution in [0.4, 0.5) is 8.78 Å². The summed E-state index contributed by atoms with van der Waals surface area (Å²) in [4.78, 5) is 22.4. The van der Waals surface area contributed by atoms with Crippen LogP contribution in [0.3, 0.4) is 0 Å². The smallest absolute Gasteiger partial charge is 0.254 e. The molecule has 7 heteroatoms. The van der Waals surface area contributed by atoms with Crippen molar-refractivity contribution in [3.63, 3.8) is 0 Å². The highest BCUT2D eigenvalue weighted by atomic mass is 19.1. The van der Waals surface area contributed by atoms with Crippen LogP contribution in [0.2, 0.25) is 0 Å². The van der Waals surface area contributed by atoms with Crippen LogP contribution in [-0.2, 0) is 0 Å². The van der Waals surface area contributed by atoms with Gasteiger partial charge in [0, 0.05) is 48.7 Å². The van der Waals surface area contributed by atoms with Gasteiger partial charge in [-0.15, -0.1) is 0 Å². The lowest BCUT2D eigenvalue weighted by Gasteiger charge is -2.32. The fraction of sp³-hybridized carbons (Fsp3) is 0.250. The molecule has 0 unspecified atom stereocenters. The molecule has 1 amide bonds. The lowest BCUT2D eigenvalue weighted by Crippen LogP contribution is -2.39.